The van der Waals surface area contributed by atoms with Crippen LogP contribution in [0.2, 0.25) is 0 Å². The minimum atomic E-state index is -0.712. The molecule has 1 fully saturated rings. The number of rotatable bonds is 6. The molecule has 0 unspecified atom stereocenters. The zero-order valence-electron chi connectivity index (χ0n) is 14.4. The quantitative estimate of drug-likeness (QED) is 0.872. The zero-order chi connectivity index (χ0) is 16.8. The van der Waals surface area contributed by atoms with Gasteiger partial charge in [-0.1, -0.05) is 49.4 Å². The van der Waals surface area contributed by atoms with E-state index in [-0.39, 0.29) is 0 Å². The fourth-order valence-electron chi connectivity index (χ4n) is 3.29. The molecule has 1 aliphatic rings. The molecule has 3 rings (SSSR count). The van der Waals surface area contributed by atoms with E-state index in [1.54, 1.807) is 0 Å². The van der Waals surface area contributed by atoms with Crippen molar-refractivity contribution in [3.05, 3.63) is 65.7 Å². The van der Waals surface area contributed by atoms with Crippen LogP contribution in [0.25, 0.3) is 0 Å². The van der Waals surface area contributed by atoms with E-state index in [2.05, 4.69) is 36.1 Å². The van der Waals surface area contributed by atoms with Crippen LogP contribution in [0.1, 0.15) is 37.3 Å². The minimum Gasteiger partial charge on any atom is -0.494 e. The van der Waals surface area contributed by atoms with Gasteiger partial charge >= 0.3 is 0 Å². The van der Waals surface area contributed by atoms with Crippen molar-refractivity contribution in [3.8, 4) is 5.75 Å². The van der Waals surface area contributed by atoms with Crippen LogP contribution in [0.15, 0.2) is 54.6 Å². The van der Waals surface area contributed by atoms with Crippen molar-refractivity contribution in [2.75, 3.05) is 19.7 Å². The molecule has 3 nitrogen and oxygen atoms in total. The van der Waals surface area contributed by atoms with E-state index in [4.69, 9.17) is 4.74 Å². The number of nitrogens with zero attached hydrogens (tertiary/aromatic N) is 1. The summed E-state index contributed by atoms with van der Waals surface area (Å²) in [4.78, 5) is 2.42. The Morgan fingerprint density at radius 3 is 2.29 bits per heavy atom. The Balaban J connectivity index is 1.57. The Labute approximate surface area is 144 Å². The second-order valence-corrected chi connectivity index (χ2v) is 6.67. The molecular weight excluding hydrogens is 298 g/mol. The number of aliphatic hydroxyl groups is 1. The van der Waals surface area contributed by atoms with Gasteiger partial charge in [0.05, 0.1) is 12.2 Å². The Bertz CT molecular complexity index is 616. The Kier molecular flexibility index (Phi) is 5.54. The lowest BCUT2D eigenvalue weighted by Crippen LogP contribution is -2.42. The van der Waals surface area contributed by atoms with E-state index < -0.39 is 5.60 Å². The van der Waals surface area contributed by atoms with Crippen LogP contribution < -0.4 is 4.74 Å². The molecule has 2 aromatic carbocycles. The molecule has 1 heterocycles. The smallest absolute Gasteiger partial charge is 0.119 e. The number of ether oxygens (including phenoxy) is 1. The maximum Gasteiger partial charge on any atom is 0.119 e. The van der Waals surface area contributed by atoms with Gasteiger partial charge in [0.2, 0.25) is 0 Å². The maximum absolute atomic E-state index is 11.0. The Morgan fingerprint density at radius 2 is 1.67 bits per heavy atom. The Hall–Kier alpha value is -1.84. The van der Waals surface area contributed by atoms with Crippen LogP contribution in [0.3, 0.4) is 0 Å². The lowest BCUT2D eigenvalue weighted by Gasteiger charge is -2.38. The normalized spacial score (nSPS) is 17.6. The summed E-state index contributed by atoms with van der Waals surface area (Å²) in [6, 6.07) is 18.5. The second kappa shape index (κ2) is 7.82. The predicted octanol–water partition coefficient (Wildman–Crippen LogP) is 3.96. The molecule has 1 saturated heterocycles. The molecule has 1 N–H and O–H groups in total. The van der Waals surface area contributed by atoms with Gasteiger partial charge in [-0.05, 0) is 42.5 Å². The van der Waals surface area contributed by atoms with Gasteiger partial charge in [0.1, 0.15) is 5.75 Å². The lowest BCUT2D eigenvalue weighted by molar-refractivity contribution is -0.0277. The molecule has 0 amide bonds. The highest BCUT2D eigenvalue weighted by atomic mass is 16.5. The first-order valence-corrected chi connectivity index (χ1v) is 8.91. The van der Waals surface area contributed by atoms with Gasteiger partial charge in [0.25, 0.3) is 0 Å². The monoisotopic (exact) mass is 325 g/mol. The van der Waals surface area contributed by atoms with Gasteiger partial charge in [-0.25, -0.2) is 0 Å². The first-order valence-electron chi connectivity index (χ1n) is 8.91. The van der Waals surface area contributed by atoms with Gasteiger partial charge in [-0.2, -0.15) is 0 Å². The number of hydrogen-bond acceptors (Lipinski definition) is 3. The fourth-order valence-corrected chi connectivity index (χ4v) is 3.29. The standard InChI is InChI=1S/C21H27NO2/c1-2-16-24-20-10-8-19(9-11-20)21(23)12-14-22(15-13-21)17-18-6-4-3-5-7-18/h3-11,23H,2,12-17H2,1H3. The topological polar surface area (TPSA) is 32.7 Å². The SMILES string of the molecule is CCCOc1ccc(C2(O)CCN(Cc3ccccc3)CC2)cc1. The van der Waals surface area contributed by atoms with E-state index in [1.165, 1.54) is 5.56 Å². The highest BCUT2D eigenvalue weighted by Crippen LogP contribution is 2.34. The molecular formula is C21H27NO2. The summed E-state index contributed by atoms with van der Waals surface area (Å²) in [5.41, 5.74) is 1.63. The van der Waals surface area contributed by atoms with Crippen LogP contribution in [0.5, 0.6) is 5.75 Å². The van der Waals surface area contributed by atoms with Gasteiger partial charge in [0.15, 0.2) is 0 Å². The number of hydrogen-bond donors (Lipinski definition) is 1. The third-order valence-electron chi connectivity index (χ3n) is 4.80. The van der Waals surface area contributed by atoms with Crippen LogP contribution >= 0.6 is 0 Å². The second-order valence-electron chi connectivity index (χ2n) is 6.67. The summed E-state index contributed by atoms with van der Waals surface area (Å²) in [7, 11) is 0. The molecule has 0 saturated carbocycles. The third-order valence-corrected chi connectivity index (χ3v) is 4.80. The van der Waals surface area contributed by atoms with Crippen molar-refractivity contribution in [2.24, 2.45) is 0 Å². The van der Waals surface area contributed by atoms with Crippen LogP contribution in [0.4, 0.5) is 0 Å². The zero-order valence-corrected chi connectivity index (χ0v) is 14.4. The van der Waals surface area contributed by atoms with Gasteiger partial charge < -0.3 is 9.84 Å². The Morgan fingerprint density at radius 1 is 1.00 bits per heavy atom. The van der Waals surface area contributed by atoms with Crippen molar-refractivity contribution in [1.29, 1.82) is 0 Å². The molecule has 1 aliphatic heterocycles. The lowest BCUT2D eigenvalue weighted by atomic mass is 9.84. The van der Waals surface area contributed by atoms with Gasteiger partial charge in [0, 0.05) is 19.6 Å². The average molecular weight is 325 g/mol. The fraction of sp³-hybridized carbons (Fsp3) is 0.429. The van der Waals surface area contributed by atoms with E-state index in [1.807, 2.05) is 30.3 Å². The largest absolute Gasteiger partial charge is 0.494 e. The van der Waals surface area contributed by atoms with E-state index in [0.717, 1.165) is 56.8 Å². The highest BCUT2D eigenvalue weighted by molar-refractivity contribution is 5.31. The molecule has 2 aromatic rings. The van der Waals surface area contributed by atoms with Crippen molar-refractivity contribution in [2.45, 2.75) is 38.3 Å². The predicted molar refractivity (Wildman–Crippen MR) is 97.1 cm³/mol. The molecule has 128 valence electrons. The summed E-state index contributed by atoms with van der Waals surface area (Å²) in [6.45, 7) is 5.62. The average Bonchev–Trinajstić information content (AvgIpc) is 2.63. The van der Waals surface area contributed by atoms with Crippen LogP contribution in [-0.2, 0) is 12.1 Å². The summed E-state index contributed by atoms with van der Waals surface area (Å²) in [5.74, 6) is 0.880. The molecule has 3 heteroatoms. The van der Waals surface area contributed by atoms with Gasteiger partial charge in [-0.3, -0.25) is 4.90 Å². The number of benzene rings is 2. The van der Waals surface area contributed by atoms with Crippen molar-refractivity contribution in [1.82, 2.24) is 4.90 Å². The van der Waals surface area contributed by atoms with E-state index in [9.17, 15) is 5.11 Å². The first kappa shape index (κ1) is 17.0. The number of piperidine rings is 1. The van der Waals surface area contributed by atoms with Crippen molar-refractivity contribution in [3.63, 3.8) is 0 Å². The first-order chi connectivity index (χ1) is 11.7. The maximum atomic E-state index is 11.0. The minimum absolute atomic E-state index is 0.712. The highest BCUT2D eigenvalue weighted by Gasteiger charge is 2.33. The van der Waals surface area contributed by atoms with E-state index >= 15 is 0 Å². The molecule has 0 radical (unpaired) electrons. The van der Waals surface area contributed by atoms with Crippen LogP contribution in [-0.4, -0.2) is 29.7 Å². The van der Waals surface area contributed by atoms with Gasteiger partial charge in [-0.15, -0.1) is 0 Å². The summed E-state index contributed by atoms with van der Waals surface area (Å²) in [6.07, 6.45) is 2.55. The van der Waals surface area contributed by atoms with Crippen molar-refractivity contribution < 1.29 is 9.84 Å². The molecule has 0 aliphatic carbocycles. The molecule has 0 bridgehead atoms. The van der Waals surface area contributed by atoms with Crippen molar-refractivity contribution >= 4 is 0 Å². The third kappa shape index (κ3) is 4.16. The van der Waals surface area contributed by atoms with Crippen LogP contribution in [0, 0.1) is 0 Å². The molecule has 24 heavy (non-hydrogen) atoms. The summed E-state index contributed by atoms with van der Waals surface area (Å²) >= 11 is 0. The number of likely N-dealkylation sites (tertiary alicyclic amines) is 1. The summed E-state index contributed by atoms with van der Waals surface area (Å²) in [5, 5.41) is 11.0. The molecule has 0 aromatic heterocycles. The molecule has 0 spiro atoms. The summed E-state index contributed by atoms with van der Waals surface area (Å²) < 4.78 is 5.62. The molecule has 0 atom stereocenters. The van der Waals surface area contributed by atoms with E-state index in [0.29, 0.717) is 0 Å².